The van der Waals surface area contributed by atoms with E-state index in [4.69, 9.17) is 4.52 Å². The second-order valence-electron chi connectivity index (χ2n) is 7.96. The molecule has 0 bridgehead atoms. The number of halogens is 1. The molecule has 8 nitrogen and oxygen atoms in total. The van der Waals surface area contributed by atoms with Crippen LogP contribution in [-0.2, 0) is 16.6 Å². The second-order valence-corrected chi connectivity index (χ2v) is 9.64. The van der Waals surface area contributed by atoms with Gasteiger partial charge in [-0.1, -0.05) is 17.3 Å². The number of aryl methyl sites for hydroxylation is 1. The quantitative estimate of drug-likeness (QED) is 0.592. The van der Waals surface area contributed by atoms with Crippen molar-refractivity contribution in [3.05, 3.63) is 77.4 Å². The number of rotatable bonds is 6. The molecule has 4 rings (SSSR count). The summed E-state index contributed by atoms with van der Waals surface area (Å²) in [6.45, 7) is 5.05. The molecule has 1 aromatic heterocycles. The molecule has 1 aliphatic rings. The highest BCUT2D eigenvalue weighted by Gasteiger charge is 2.24. The summed E-state index contributed by atoms with van der Waals surface area (Å²) >= 11 is 0. The number of sulfonamides is 1. The first-order chi connectivity index (χ1) is 15.8. The molecule has 33 heavy (non-hydrogen) atoms. The molecule has 0 saturated carbocycles. The van der Waals surface area contributed by atoms with Crippen molar-refractivity contribution in [3.63, 3.8) is 0 Å². The zero-order chi connectivity index (χ0) is 23.4. The number of anilines is 1. The van der Waals surface area contributed by atoms with Gasteiger partial charge in [-0.05, 0) is 49.7 Å². The molecule has 10 heteroatoms. The minimum absolute atomic E-state index is 0.0836. The zero-order valence-corrected chi connectivity index (χ0v) is 19.0. The van der Waals surface area contributed by atoms with E-state index in [0.29, 0.717) is 26.2 Å². The molecule has 0 aliphatic carbocycles. The smallest absolute Gasteiger partial charge is 0.261 e. The Labute approximate surface area is 192 Å². The van der Waals surface area contributed by atoms with E-state index >= 15 is 0 Å². The summed E-state index contributed by atoms with van der Waals surface area (Å²) in [5.41, 5.74) is 1.31. The molecule has 3 aromatic rings. The maximum Gasteiger partial charge on any atom is 0.261 e. The van der Waals surface area contributed by atoms with E-state index in [1.165, 1.54) is 12.1 Å². The van der Waals surface area contributed by atoms with Crippen LogP contribution >= 0.6 is 0 Å². The molecule has 0 atom stereocenters. The highest BCUT2D eigenvalue weighted by molar-refractivity contribution is 7.92. The van der Waals surface area contributed by atoms with Gasteiger partial charge in [0.15, 0.2) is 0 Å². The minimum atomic E-state index is -3.98. The van der Waals surface area contributed by atoms with Crippen molar-refractivity contribution in [3.8, 4) is 0 Å². The van der Waals surface area contributed by atoms with Crippen molar-refractivity contribution >= 4 is 21.6 Å². The van der Waals surface area contributed by atoms with Gasteiger partial charge in [-0.25, -0.2) is 12.8 Å². The van der Waals surface area contributed by atoms with Gasteiger partial charge in [0.1, 0.15) is 11.6 Å². The van der Waals surface area contributed by atoms with Crippen LogP contribution in [0.5, 0.6) is 0 Å². The number of nitrogens with zero attached hydrogens (tertiary/aromatic N) is 3. The van der Waals surface area contributed by atoms with E-state index in [1.54, 1.807) is 29.2 Å². The van der Waals surface area contributed by atoms with E-state index < -0.39 is 15.8 Å². The molecule has 1 saturated heterocycles. The van der Waals surface area contributed by atoms with E-state index in [1.807, 2.05) is 13.0 Å². The molecule has 1 aliphatic heterocycles. The average Bonchev–Trinajstić information content (AvgIpc) is 3.05. The Morgan fingerprint density at radius 2 is 1.85 bits per heavy atom. The Hall–Kier alpha value is -3.24. The van der Waals surface area contributed by atoms with Crippen LogP contribution < -0.4 is 4.72 Å². The van der Waals surface area contributed by atoms with Gasteiger partial charge in [-0.3, -0.25) is 14.4 Å². The van der Waals surface area contributed by atoms with Gasteiger partial charge in [0.25, 0.3) is 15.9 Å². The highest BCUT2D eigenvalue weighted by atomic mass is 32.2. The predicted octanol–water partition coefficient (Wildman–Crippen LogP) is 3.27. The average molecular weight is 473 g/mol. The van der Waals surface area contributed by atoms with Gasteiger partial charge in [-0.15, -0.1) is 0 Å². The maximum absolute atomic E-state index is 13.3. The third-order valence-electron chi connectivity index (χ3n) is 5.46. The summed E-state index contributed by atoms with van der Waals surface area (Å²) in [6, 6.07) is 12.9. The largest absolute Gasteiger partial charge is 0.361 e. The van der Waals surface area contributed by atoms with Crippen molar-refractivity contribution in [2.45, 2.75) is 24.8 Å². The van der Waals surface area contributed by atoms with Crippen LogP contribution in [0.3, 0.4) is 0 Å². The first kappa shape index (κ1) is 22.9. The first-order valence-electron chi connectivity index (χ1n) is 10.6. The fourth-order valence-electron chi connectivity index (χ4n) is 3.80. The summed E-state index contributed by atoms with van der Waals surface area (Å²) < 4.78 is 46.3. The van der Waals surface area contributed by atoms with E-state index in [-0.39, 0.29) is 22.1 Å². The number of hydrogen-bond donors (Lipinski definition) is 1. The molecule has 174 valence electrons. The van der Waals surface area contributed by atoms with Gasteiger partial charge >= 0.3 is 0 Å². The number of amides is 1. The minimum Gasteiger partial charge on any atom is -0.361 e. The maximum atomic E-state index is 13.3. The molecule has 0 unspecified atom stereocenters. The molecular formula is C23H25FN4O4S. The summed E-state index contributed by atoms with van der Waals surface area (Å²) in [7, 11) is -3.98. The summed E-state index contributed by atoms with van der Waals surface area (Å²) in [6.07, 6.45) is 0.784. The third kappa shape index (κ3) is 5.58. The van der Waals surface area contributed by atoms with Crippen LogP contribution in [0, 0.1) is 12.7 Å². The number of nitrogens with one attached hydrogen (secondary N) is 1. The van der Waals surface area contributed by atoms with E-state index in [0.717, 1.165) is 36.6 Å². The first-order valence-corrected chi connectivity index (χ1v) is 12.1. The normalized spacial score (nSPS) is 15.3. The lowest BCUT2D eigenvalue weighted by Crippen LogP contribution is -2.35. The van der Waals surface area contributed by atoms with Crippen molar-refractivity contribution in [1.29, 1.82) is 0 Å². The number of aromatic nitrogens is 1. The SMILES string of the molecule is Cc1cc(CN2CCCN(C(=O)c3ccccc3NS(=O)(=O)c3ccc(F)cc3)CC2)no1. The molecule has 1 N–H and O–H groups in total. The Kier molecular flexibility index (Phi) is 6.75. The van der Waals surface area contributed by atoms with Crippen LogP contribution in [0.15, 0.2) is 64.0 Å². The van der Waals surface area contributed by atoms with Crippen molar-refractivity contribution in [2.24, 2.45) is 0 Å². The van der Waals surface area contributed by atoms with Crippen molar-refractivity contribution in [1.82, 2.24) is 15.0 Å². The van der Waals surface area contributed by atoms with Gasteiger partial charge < -0.3 is 9.42 Å². The van der Waals surface area contributed by atoms with Crippen LogP contribution in [0.2, 0.25) is 0 Å². The van der Waals surface area contributed by atoms with Crippen LogP contribution in [0.4, 0.5) is 10.1 Å². The number of carbonyl (C=O) groups is 1. The van der Waals surface area contributed by atoms with Gasteiger partial charge in [0.2, 0.25) is 0 Å². The van der Waals surface area contributed by atoms with Crippen LogP contribution in [-0.4, -0.2) is 55.5 Å². The third-order valence-corrected chi connectivity index (χ3v) is 6.85. The van der Waals surface area contributed by atoms with Crippen molar-refractivity contribution < 1.29 is 22.1 Å². The lowest BCUT2D eigenvalue weighted by atomic mass is 10.1. The summed E-state index contributed by atoms with van der Waals surface area (Å²) in [5.74, 6) is -0.0127. The molecule has 1 fully saturated rings. The van der Waals surface area contributed by atoms with Gasteiger partial charge in [-0.2, -0.15) is 0 Å². The van der Waals surface area contributed by atoms with Crippen molar-refractivity contribution in [2.75, 3.05) is 30.9 Å². The Bertz CT molecular complexity index is 1230. The van der Waals surface area contributed by atoms with E-state index in [2.05, 4.69) is 14.8 Å². The lowest BCUT2D eigenvalue weighted by Gasteiger charge is -2.23. The summed E-state index contributed by atoms with van der Waals surface area (Å²) in [4.78, 5) is 17.2. The number of para-hydroxylation sites is 1. The second kappa shape index (κ2) is 9.72. The zero-order valence-electron chi connectivity index (χ0n) is 18.2. The van der Waals surface area contributed by atoms with Gasteiger partial charge in [0.05, 0.1) is 21.8 Å². The Morgan fingerprint density at radius 1 is 1.09 bits per heavy atom. The number of benzene rings is 2. The number of carbonyl (C=O) groups excluding carboxylic acids is 1. The van der Waals surface area contributed by atoms with E-state index in [9.17, 15) is 17.6 Å². The van der Waals surface area contributed by atoms with Crippen LogP contribution in [0.1, 0.15) is 28.2 Å². The predicted molar refractivity (Wildman–Crippen MR) is 121 cm³/mol. The molecule has 2 aromatic carbocycles. The Balaban J connectivity index is 1.47. The molecular weight excluding hydrogens is 447 g/mol. The molecule has 0 radical (unpaired) electrons. The molecule has 1 amide bonds. The number of hydrogen-bond acceptors (Lipinski definition) is 6. The topological polar surface area (TPSA) is 95.8 Å². The Morgan fingerprint density at radius 3 is 2.58 bits per heavy atom. The molecule has 0 spiro atoms. The van der Waals surface area contributed by atoms with Gasteiger partial charge in [0, 0.05) is 38.8 Å². The highest BCUT2D eigenvalue weighted by Crippen LogP contribution is 2.22. The fraction of sp³-hybridized carbons (Fsp3) is 0.304. The fourth-order valence-corrected chi connectivity index (χ4v) is 4.88. The standard InChI is InChI=1S/C23H25FN4O4S/c1-17-15-19(25-32-17)16-27-11-4-12-28(14-13-27)23(29)21-5-2-3-6-22(21)26-33(30,31)20-9-7-18(24)8-10-20/h2-3,5-10,15,26H,4,11-14,16H2,1H3. The monoisotopic (exact) mass is 472 g/mol. The summed E-state index contributed by atoms with van der Waals surface area (Å²) in [5, 5.41) is 4.03. The lowest BCUT2D eigenvalue weighted by molar-refractivity contribution is 0.0762. The molecule has 2 heterocycles. The van der Waals surface area contributed by atoms with Crippen LogP contribution in [0.25, 0.3) is 0 Å².